The summed E-state index contributed by atoms with van der Waals surface area (Å²) in [5.74, 6) is -0.839. The van der Waals surface area contributed by atoms with Crippen molar-refractivity contribution in [1.82, 2.24) is 9.13 Å². The molecule has 0 bridgehead atoms. The minimum atomic E-state index is -0.688. The lowest BCUT2D eigenvalue weighted by atomic mass is 10.1. The first kappa shape index (κ1) is 25.0. The highest BCUT2D eigenvalue weighted by atomic mass is 32.2. The molecule has 0 aliphatic carbocycles. The van der Waals surface area contributed by atoms with Gasteiger partial charge in [0.2, 0.25) is 11.8 Å². The van der Waals surface area contributed by atoms with Crippen LogP contribution >= 0.6 is 11.8 Å². The van der Waals surface area contributed by atoms with Crippen LogP contribution < -0.4 is 16.6 Å². The lowest BCUT2D eigenvalue weighted by Crippen LogP contribution is -2.39. The molecule has 0 radical (unpaired) electrons. The Bertz CT molecular complexity index is 1350. The van der Waals surface area contributed by atoms with Gasteiger partial charge in [-0.05, 0) is 61.2 Å². The number of thioether (sulfide) groups is 1. The molecule has 1 amide bonds. The number of aliphatic imine (C=N–C) groups is 1. The highest BCUT2D eigenvalue weighted by molar-refractivity contribution is 8.15. The topological polar surface area (TPSA) is 106 Å². The number of rotatable bonds is 6. The zero-order chi connectivity index (χ0) is 25.0. The normalized spacial score (nSPS) is 11.5. The summed E-state index contributed by atoms with van der Waals surface area (Å²) in [5.41, 5.74) is 2.94. The predicted molar refractivity (Wildman–Crippen MR) is 138 cm³/mol. The van der Waals surface area contributed by atoms with Crippen molar-refractivity contribution in [3.63, 3.8) is 0 Å². The van der Waals surface area contributed by atoms with Gasteiger partial charge < -0.3 is 10.4 Å². The van der Waals surface area contributed by atoms with Crippen molar-refractivity contribution in [1.29, 1.82) is 0 Å². The summed E-state index contributed by atoms with van der Waals surface area (Å²) < 4.78 is 1.88. The van der Waals surface area contributed by atoms with Crippen LogP contribution in [0.5, 0.6) is 5.88 Å². The quantitative estimate of drug-likeness (QED) is 0.415. The van der Waals surface area contributed by atoms with E-state index in [4.69, 9.17) is 0 Å². The van der Waals surface area contributed by atoms with Crippen molar-refractivity contribution in [3.8, 4) is 5.88 Å². The van der Waals surface area contributed by atoms with E-state index >= 15 is 0 Å². The van der Waals surface area contributed by atoms with Gasteiger partial charge in [-0.25, -0.2) is 9.79 Å². The Balaban J connectivity index is 1.97. The Hall–Kier alpha value is -3.59. The Morgan fingerprint density at radius 3 is 2.24 bits per heavy atom. The van der Waals surface area contributed by atoms with Crippen LogP contribution in [0, 0.1) is 13.8 Å². The fourth-order valence-corrected chi connectivity index (χ4v) is 4.32. The molecule has 2 aromatic carbocycles. The zero-order valence-electron chi connectivity index (χ0n) is 19.9. The summed E-state index contributed by atoms with van der Waals surface area (Å²) in [6, 6.07) is 13.2. The van der Waals surface area contributed by atoms with E-state index < -0.39 is 17.1 Å². The maximum atomic E-state index is 12.9. The summed E-state index contributed by atoms with van der Waals surface area (Å²) in [7, 11) is 2.70. The molecule has 3 aromatic rings. The average molecular weight is 481 g/mol. The van der Waals surface area contributed by atoms with Gasteiger partial charge >= 0.3 is 5.69 Å². The van der Waals surface area contributed by atoms with Crippen molar-refractivity contribution < 1.29 is 9.90 Å². The first-order chi connectivity index (χ1) is 16.1. The molecule has 0 saturated heterocycles. The summed E-state index contributed by atoms with van der Waals surface area (Å²) >= 11 is 1.02. The number of hydrogen-bond acceptors (Lipinski definition) is 6. The van der Waals surface area contributed by atoms with E-state index in [1.165, 1.54) is 14.1 Å². The summed E-state index contributed by atoms with van der Waals surface area (Å²) in [6.45, 7) is 5.94. The number of nitrogens with zero attached hydrogens (tertiary/aromatic N) is 3. The van der Waals surface area contributed by atoms with Crippen LogP contribution in [0.15, 0.2) is 57.0 Å². The van der Waals surface area contributed by atoms with Crippen LogP contribution in [0.1, 0.15) is 29.2 Å². The number of aryl methyl sites for hydroxylation is 3. The molecule has 1 heterocycles. The van der Waals surface area contributed by atoms with Crippen molar-refractivity contribution in [2.75, 3.05) is 11.1 Å². The maximum absolute atomic E-state index is 12.9. The number of carbonyl (C=O) groups excluding carboxylic acids is 1. The smallest absolute Gasteiger partial charge is 0.333 e. The first-order valence-electron chi connectivity index (χ1n) is 10.8. The van der Waals surface area contributed by atoms with Gasteiger partial charge in [0.05, 0.1) is 11.4 Å². The largest absolute Gasteiger partial charge is 0.494 e. The number of benzene rings is 2. The molecule has 0 saturated carbocycles. The number of carbonyl (C=O) groups is 1. The maximum Gasteiger partial charge on any atom is 0.333 e. The Morgan fingerprint density at radius 1 is 1.03 bits per heavy atom. The fraction of sp³-hybridized carbons (Fsp3) is 0.280. The van der Waals surface area contributed by atoms with Gasteiger partial charge in [-0.1, -0.05) is 36.9 Å². The average Bonchev–Trinajstić information content (AvgIpc) is 2.79. The molecular formula is C25H28N4O4S. The first-order valence-corrected chi connectivity index (χ1v) is 11.8. The molecule has 3 rings (SSSR count). The molecule has 2 N–H and O–H groups in total. The molecule has 9 heteroatoms. The summed E-state index contributed by atoms with van der Waals surface area (Å²) in [5, 5.41) is 13.6. The standard InChI is InChI=1S/C25H28N4O4S/c1-6-17-7-9-18(10-8-17)27-22(21-23(31)28(4)25(33)29(5)24(21)32)34-14-20(30)26-19-12-15(2)11-16(3)13-19/h7-13,31H,6,14H2,1-5H3,(H,26,30). The Labute approximate surface area is 202 Å². The Kier molecular flexibility index (Phi) is 7.78. The van der Waals surface area contributed by atoms with Crippen molar-refractivity contribution in [2.24, 2.45) is 19.1 Å². The van der Waals surface area contributed by atoms with Gasteiger partial charge in [0, 0.05) is 19.8 Å². The second kappa shape index (κ2) is 10.6. The monoisotopic (exact) mass is 480 g/mol. The molecule has 0 atom stereocenters. The van der Waals surface area contributed by atoms with E-state index in [1.54, 1.807) is 12.1 Å². The van der Waals surface area contributed by atoms with E-state index in [-0.39, 0.29) is 22.3 Å². The number of anilines is 1. The third-order valence-electron chi connectivity index (χ3n) is 5.27. The zero-order valence-corrected chi connectivity index (χ0v) is 20.7. The number of nitrogens with one attached hydrogen (secondary N) is 1. The van der Waals surface area contributed by atoms with Crippen molar-refractivity contribution in [3.05, 3.63) is 85.6 Å². The second-order valence-corrected chi connectivity index (χ2v) is 9.02. The van der Waals surface area contributed by atoms with Crippen LogP contribution in [-0.2, 0) is 25.3 Å². The van der Waals surface area contributed by atoms with Gasteiger partial charge in [-0.15, -0.1) is 0 Å². The van der Waals surface area contributed by atoms with E-state index in [1.807, 2.05) is 51.1 Å². The van der Waals surface area contributed by atoms with Gasteiger partial charge in [-0.3, -0.25) is 18.7 Å². The molecule has 8 nitrogen and oxygen atoms in total. The van der Waals surface area contributed by atoms with Crippen molar-refractivity contribution >= 4 is 34.1 Å². The molecule has 0 aliphatic rings. The number of aromatic nitrogens is 2. The highest BCUT2D eigenvalue weighted by Crippen LogP contribution is 2.24. The molecule has 0 fully saturated rings. The predicted octanol–water partition coefficient (Wildman–Crippen LogP) is 3.42. The molecule has 0 aliphatic heterocycles. The van der Waals surface area contributed by atoms with Crippen LogP contribution in [0.4, 0.5) is 11.4 Å². The van der Waals surface area contributed by atoms with E-state index in [0.29, 0.717) is 11.4 Å². The molecule has 178 valence electrons. The number of hydrogen-bond donors (Lipinski definition) is 2. The minimum absolute atomic E-state index is 0.0513. The molecule has 1 aromatic heterocycles. The fourth-order valence-electron chi connectivity index (χ4n) is 3.48. The second-order valence-electron chi connectivity index (χ2n) is 8.05. The van der Waals surface area contributed by atoms with Gasteiger partial charge in [0.15, 0.2) is 0 Å². The van der Waals surface area contributed by atoms with Crippen LogP contribution in [0.3, 0.4) is 0 Å². The highest BCUT2D eigenvalue weighted by Gasteiger charge is 2.22. The van der Waals surface area contributed by atoms with Crippen LogP contribution in [-0.4, -0.2) is 30.9 Å². The Morgan fingerprint density at radius 2 is 1.65 bits per heavy atom. The number of aromatic hydroxyl groups is 1. The summed E-state index contributed by atoms with van der Waals surface area (Å²) in [6.07, 6.45) is 0.867. The van der Waals surface area contributed by atoms with Gasteiger partial charge in [0.1, 0.15) is 10.6 Å². The molecule has 0 unspecified atom stereocenters. The molecule has 34 heavy (non-hydrogen) atoms. The van der Waals surface area contributed by atoms with Gasteiger partial charge in [-0.2, -0.15) is 0 Å². The third-order valence-corrected chi connectivity index (χ3v) is 6.24. The third kappa shape index (κ3) is 5.66. The van der Waals surface area contributed by atoms with Gasteiger partial charge in [0.25, 0.3) is 5.56 Å². The van der Waals surface area contributed by atoms with E-state index in [0.717, 1.165) is 44.0 Å². The van der Waals surface area contributed by atoms with Crippen LogP contribution in [0.25, 0.3) is 0 Å². The van der Waals surface area contributed by atoms with E-state index in [9.17, 15) is 19.5 Å². The number of amides is 1. The van der Waals surface area contributed by atoms with Crippen molar-refractivity contribution in [2.45, 2.75) is 27.2 Å². The lowest BCUT2D eigenvalue weighted by molar-refractivity contribution is -0.113. The SMILES string of the molecule is CCc1ccc(N=C(SCC(=O)Nc2cc(C)cc(C)c2)c2c(O)n(C)c(=O)n(C)c2=O)cc1. The molecule has 0 spiro atoms. The minimum Gasteiger partial charge on any atom is -0.494 e. The van der Waals surface area contributed by atoms with E-state index in [2.05, 4.69) is 10.3 Å². The summed E-state index contributed by atoms with van der Waals surface area (Å²) in [4.78, 5) is 42.3. The lowest BCUT2D eigenvalue weighted by Gasteiger charge is -2.13. The molecular weight excluding hydrogens is 452 g/mol. The van der Waals surface area contributed by atoms with Crippen LogP contribution in [0.2, 0.25) is 0 Å².